The van der Waals surface area contributed by atoms with Crippen molar-refractivity contribution in [1.82, 2.24) is 0 Å². The van der Waals surface area contributed by atoms with Gasteiger partial charge in [0.25, 0.3) is 0 Å². The third-order valence-corrected chi connectivity index (χ3v) is 5.43. The molecule has 2 aliphatic rings. The number of allylic oxidation sites excluding steroid dienone is 2. The van der Waals surface area contributed by atoms with Crippen molar-refractivity contribution in [1.29, 1.82) is 0 Å². The van der Waals surface area contributed by atoms with Gasteiger partial charge in [0.2, 0.25) is 0 Å². The quantitative estimate of drug-likeness (QED) is 0.761. The summed E-state index contributed by atoms with van der Waals surface area (Å²) < 4.78 is 0. The summed E-state index contributed by atoms with van der Waals surface area (Å²) in [5, 5.41) is 4.53. The van der Waals surface area contributed by atoms with Crippen molar-refractivity contribution in [3.63, 3.8) is 0 Å². The highest BCUT2D eigenvalue weighted by Gasteiger charge is 2.38. The Morgan fingerprint density at radius 3 is 2.61 bits per heavy atom. The van der Waals surface area contributed by atoms with Gasteiger partial charge >= 0.3 is 0 Å². The first-order valence-electron chi connectivity index (χ1n) is 8.14. The third-order valence-electron chi connectivity index (χ3n) is 5.11. The summed E-state index contributed by atoms with van der Waals surface area (Å²) in [6, 6.07) is 15.4. The molecule has 2 aromatic carbocycles. The molecule has 118 valence electrons. The Morgan fingerprint density at radius 1 is 1.09 bits per heavy atom. The zero-order valence-corrected chi connectivity index (χ0v) is 14.2. The fourth-order valence-corrected chi connectivity index (χ4v) is 4.13. The minimum atomic E-state index is 0.304. The molecule has 3 atom stereocenters. The van der Waals surface area contributed by atoms with Gasteiger partial charge in [0.1, 0.15) is 0 Å². The van der Waals surface area contributed by atoms with Gasteiger partial charge in [-0.1, -0.05) is 48.0 Å². The average Bonchev–Trinajstić information content (AvgIpc) is 3.04. The molecule has 0 radical (unpaired) electrons. The van der Waals surface area contributed by atoms with Crippen LogP contribution >= 0.6 is 11.6 Å². The number of hydrogen-bond donors (Lipinski definition) is 1. The Balaban J connectivity index is 1.74. The molecule has 0 saturated heterocycles. The lowest BCUT2D eigenvalue weighted by atomic mass is 9.77. The van der Waals surface area contributed by atoms with Crippen LogP contribution in [0.5, 0.6) is 0 Å². The van der Waals surface area contributed by atoms with Crippen LogP contribution in [0.4, 0.5) is 11.4 Å². The molecule has 2 aromatic rings. The van der Waals surface area contributed by atoms with Gasteiger partial charge in [0.05, 0.1) is 16.8 Å². The van der Waals surface area contributed by atoms with Gasteiger partial charge in [-0.15, -0.1) is 0 Å². The standard InChI is InChI=1S/C20H21ClN2/c1-23(2)14-11-9-13(10-12-14)19-16-6-3-5-15(16)17-7-4-8-18(21)20(17)22-19/h3-5,7-12,15-16,19,22H,6H2,1-2H3. The van der Waals surface area contributed by atoms with Crippen molar-refractivity contribution in [2.75, 3.05) is 24.3 Å². The van der Waals surface area contributed by atoms with E-state index in [4.69, 9.17) is 11.6 Å². The van der Waals surface area contributed by atoms with Crippen LogP contribution in [0.1, 0.15) is 29.5 Å². The minimum Gasteiger partial charge on any atom is -0.378 e. The fourth-order valence-electron chi connectivity index (χ4n) is 3.89. The molecule has 0 bridgehead atoms. The van der Waals surface area contributed by atoms with E-state index in [0.717, 1.165) is 17.1 Å². The molecule has 1 heterocycles. The second-order valence-electron chi connectivity index (χ2n) is 6.67. The lowest BCUT2D eigenvalue weighted by Gasteiger charge is -2.38. The van der Waals surface area contributed by atoms with Crippen molar-refractivity contribution in [2.45, 2.75) is 18.4 Å². The molecular weight excluding hydrogens is 304 g/mol. The molecule has 23 heavy (non-hydrogen) atoms. The number of fused-ring (bicyclic) bond motifs is 3. The fraction of sp³-hybridized carbons (Fsp3) is 0.300. The van der Waals surface area contributed by atoms with Gasteiger partial charge < -0.3 is 10.2 Å². The molecule has 1 aliphatic heterocycles. The van der Waals surface area contributed by atoms with Crippen LogP contribution in [-0.2, 0) is 0 Å². The van der Waals surface area contributed by atoms with Crippen molar-refractivity contribution in [2.24, 2.45) is 5.92 Å². The molecule has 0 fully saturated rings. The van der Waals surface area contributed by atoms with E-state index in [1.54, 1.807) is 0 Å². The molecular formula is C20H21ClN2. The molecule has 0 amide bonds. The van der Waals surface area contributed by atoms with Crippen LogP contribution in [0.15, 0.2) is 54.6 Å². The van der Waals surface area contributed by atoms with Gasteiger partial charge in [-0.05, 0) is 41.7 Å². The van der Waals surface area contributed by atoms with Crippen LogP contribution in [0.25, 0.3) is 0 Å². The molecule has 3 unspecified atom stereocenters. The zero-order chi connectivity index (χ0) is 16.0. The molecule has 0 saturated carbocycles. The molecule has 0 aromatic heterocycles. The smallest absolute Gasteiger partial charge is 0.0640 e. The lowest BCUT2D eigenvalue weighted by Crippen LogP contribution is -2.29. The van der Waals surface area contributed by atoms with E-state index >= 15 is 0 Å². The van der Waals surface area contributed by atoms with Crippen LogP contribution in [-0.4, -0.2) is 14.1 Å². The highest BCUT2D eigenvalue weighted by Crippen LogP contribution is 2.51. The number of halogens is 1. The van der Waals surface area contributed by atoms with E-state index in [9.17, 15) is 0 Å². The Labute approximate surface area is 142 Å². The number of anilines is 2. The van der Waals surface area contributed by atoms with E-state index in [1.807, 2.05) is 6.07 Å². The summed E-state index contributed by atoms with van der Waals surface area (Å²) in [7, 11) is 4.14. The molecule has 1 aliphatic carbocycles. The largest absolute Gasteiger partial charge is 0.378 e. The van der Waals surface area contributed by atoms with Crippen molar-refractivity contribution in [3.8, 4) is 0 Å². The van der Waals surface area contributed by atoms with Gasteiger partial charge in [0, 0.05) is 25.7 Å². The molecule has 4 rings (SSSR count). The number of nitrogens with one attached hydrogen (secondary N) is 1. The van der Waals surface area contributed by atoms with Crippen LogP contribution in [0.2, 0.25) is 5.02 Å². The summed E-state index contributed by atoms with van der Waals surface area (Å²) in [6.07, 6.45) is 5.78. The number of nitrogens with zero attached hydrogens (tertiary/aromatic N) is 1. The minimum absolute atomic E-state index is 0.304. The van der Waals surface area contributed by atoms with Crippen LogP contribution in [0.3, 0.4) is 0 Å². The number of hydrogen-bond acceptors (Lipinski definition) is 2. The molecule has 3 heteroatoms. The maximum absolute atomic E-state index is 6.46. The lowest BCUT2D eigenvalue weighted by molar-refractivity contribution is 0.425. The maximum atomic E-state index is 6.46. The zero-order valence-electron chi connectivity index (χ0n) is 13.5. The summed E-state index contributed by atoms with van der Waals surface area (Å²) in [4.78, 5) is 2.13. The number of rotatable bonds is 2. The molecule has 1 N–H and O–H groups in total. The first-order valence-corrected chi connectivity index (χ1v) is 8.52. The first-order chi connectivity index (χ1) is 11.1. The normalized spacial score (nSPS) is 24.7. The van der Waals surface area contributed by atoms with Crippen molar-refractivity contribution in [3.05, 3.63) is 70.8 Å². The summed E-state index contributed by atoms with van der Waals surface area (Å²) >= 11 is 6.46. The number of benzene rings is 2. The van der Waals surface area contributed by atoms with Gasteiger partial charge in [-0.25, -0.2) is 0 Å². The molecule has 0 spiro atoms. The van der Waals surface area contributed by atoms with Gasteiger partial charge in [-0.3, -0.25) is 0 Å². The Kier molecular flexibility index (Phi) is 3.57. The predicted octanol–water partition coefficient (Wildman–Crippen LogP) is 5.23. The summed E-state index contributed by atoms with van der Waals surface area (Å²) in [5.41, 5.74) is 4.99. The third kappa shape index (κ3) is 2.42. The molecule has 2 nitrogen and oxygen atoms in total. The van der Waals surface area contributed by atoms with Crippen LogP contribution in [0, 0.1) is 5.92 Å². The monoisotopic (exact) mass is 324 g/mol. The van der Waals surface area contributed by atoms with Crippen molar-refractivity contribution < 1.29 is 0 Å². The SMILES string of the molecule is CN(C)c1ccc(C2Nc3c(Cl)cccc3C3C=CCC32)cc1. The second kappa shape index (κ2) is 5.61. The van der Waals surface area contributed by atoms with Crippen molar-refractivity contribution >= 4 is 23.0 Å². The first kappa shape index (κ1) is 14.6. The van der Waals surface area contributed by atoms with Gasteiger partial charge in [-0.2, -0.15) is 0 Å². The maximum Gasteiger partial charge on any atom is 0.0640 e. The van der Waals surface area contributed by atoms with E-state index in [2.05, 4.69) is 72.9 Å². The Bertz CT molecular complexity index is 749. The van der Waals surface area contributed by atoms with Crippen LogP contribution < -0.4 is 10.2 Å². The Hall–Kier alpha value is -1.93. The van der Waals surface area contributed by atoms with E-state index < -0.39 is 0 Å². The second-order valence-corrected chi connectivity index (χ2v) is 7.07. The van der Waals surface area contributed by atoms with E-state index in [1.165, 1.54) is 16.8 Å². The average molecular weight is 325 g/mol. The predicted molar refractivity (Wildman–Crippen MR) is 98.6 cm³/mol. The topological polar surface area (TPSA) is 15.3 Å². The number of para-hydroxylation sites is 1. The van der Waals surface area contributed by atoms with Gasteiger partial charge in [0.15, 0.2) is 0 Å². The highest BCUT2D eigenvalue weighted by atomic mass is 35.5. The van der Waals surface area contributed by atoms with E-state index in [0.29, 0.717) is 17.9 Å². The highest BCUT2D eigenvalue weighted by molar-refractivity contribution is 6.33. The summed E-state index contributed by atoms with van der Waals surface area (Å²) in [6.45, 7) is 0. The summed E-state index contributed by atoms with van der Waals surface area (Å²) in [5.74, 6) is 1.02. The van der Waals surface area contributed by atoms with E-state index in [-0.39, 0.29) is 0 Å². The Morgan fingerprint density at radius 2 is 1.87 bits per heavy atom.